The molecule has 50 nitrogen and oxygen atoms in total. The lowest BCUT2D eigenvalue weighted by Gasteiger charge is -2.26. The van der Waals surface area contributed by atoms with E-state index in [4.69, 9.17) is 110 Å². The lowest BCUT2D eigenvalue weighted by Crippen LogP contribution is -2.48. The highest BCUT2D eigenvalue weighted by Gasteiger charge is 2.44. The van der Waals surface area contributed by atoms with Gasteiger partial charge in [0.25, 0.3) is 0 Å². The number of halogens is 2. The van der Waals surface area contributed by atoms with Gasteiger partial charge in [-0.15, -0.1) is 24.8 Å². The average molecular weight is 2040 g/mol. The van der Waals surface area contributed by atoms with Crippen LogP contribution in [0.5, 0.6) is 0 Å². The van der Waals surface area contributed by atoms with Crippen LogP contribution >= 0.6 is 24.8 Å². The minimum atomic E-state index is -1.40. The molecule has 140 heavy (non-hydrogen) atoms. The van der Waals surface area contributed by atoms with E-state index in [0.717, 1.165) is 0 Å². The van der Waals surface area contributed by atoms with Crippen molar-refractivity contribution in [1.29, 1.82) is 0 Å². The normalized spacial score (nSPS) is 19.8. The van der Waals surface area contributed by atoms with Crippen LogP contribution in [-0.4, -0.2) is 265 Å². The maximum Gasteiger partial charge on any atom is 0.516 e. The van der Waals surface area contributed by atoms with Crippen LogP contribution in [0.1, 0.15) is 211 Å². The largest absolute Gasteiger partial charge is 0.516 e. The summed E-state index contributed by atoms with van der Waals surface area (Å²) in [7, 11) is 0. The highest BCUT2D eigenvalue weighted by atomic mass is 35.5. The SMILES string of the molecule is CC(OC(=O)C(N)C(C)C)C(=O)OCC1CC(n2ccc(N)nc2=O)OC1COC(=O)C(C)OC(=O)C(N)C(C)C.CC(OC(=O)C(NC(=O)OC(C)(C)C)C(C)C)C(=O)OCC1CC(n2ccc(N)nc2=O)OC1COC(=O)C(C)OC(=O)C(NC(=O)OC(C)(C)C)C(C)C.CCOC(=O)OC(=O)C(C)OC(=O)C(NC(=O)OC(C)(C)C)C(C)C.Cl.Cl.Nc1ccn(C2CC(CO)C(CO)O2)c(=O)n1. The monoisotopic (exact) mass is 2040 g/mol. The Morgan fingerprint density at radius 3 is 0.871 bits per heavy atom. The van der Waals surface area contributed by atoms with E-state index < -0.39 is 246 Å². The summed E-state index contributed by atoms with van der Waals surface area (Å²) in [6.07, 6.45) is -9.67. The molecule has 3 aliphatic rings. The zero-order valence-electron chi connectivity index (χ0n) is 83.6. The third-order valence-electron chi connectivity index (χ3n) is 20.0. The molecule has 3 aromatic rings. The van der Waals surface area contributed by atoms with Crippen LogP contribution in [0, 0.1) is 47.3 Å². The van der Waals surface area contributed by atoms with Crippen molar-refractivity contribution in [3.05, 3.63) is 68.2 Å². The van der Waals surface area contributed by atoms with Gasteiger partial charge in [0.1, 0.15) is 109 Å². The molecule has 0 saturated carbocycles. The van der Waals surface area contributed by atoms with Crippen molar-refractivity contribution in [1.82, 2.24) is 44.6 Å². The summed E-state index contributed by atoms with van der Waals surface area (Å²) >= 11 is 0. The van der Waals surface area contributed by atoms with E-state index in [1.165, 1.54) is 85.1 Å². The summed E-state index contributed by atoms with van der Waals surface area (Å²) < 4.78 is 92.9. The van der Waals surface area contributed by atoms with E-state index in [-0.39, 0.29) is 118 Å². The summed E-state index contributed by atoms with van der Waals surface area (Å²) in [5.41, 5.74) is 23.9. The number of carbonyl (C=O) groups excluding carboxylic acids is 14. The minimum Gasteiger partial charge on any atom is -0.463 e. The van der Waals surface area contributed by atoms with Crippen molar-refractivity contribution in [3.63, 3.8) is 0 Å². The number of esters is 10. The quantitative estimate of drug-likeness (QED) is 0.0220. The molecule has 6 heterocycles. The van der Waals surface area contributed by atoms with Crippen LogP contribution in [0.2, 0.25) is 0 Å². The molecule has 0 bridgehead atoms. The van der Waals surface area contributed by atoms with Gasteiger partial charge >= 0.3 is 101 Å². The van der Waals surface area contributed by atoms with E-state index >= 15 is 0 Å². The first-order valence-electron chi connectivity index (χ1n) is 44.7. The Balaban J connectivity index is 0.00000101. The van der Waals surface area contributed by atoms with Gasteiger partial charge in [-0.25, -0.2) is 71.9 Å². The molecule has 6 rings (SSSR count). The predicted octanol–water partition coefficient (Wildman–Crippen LogP) is 4.15. The summed E-state index contributed by atoms with van der Waals surface area (Å²) in [4.78, 5) is 220. The number of anilines is 3. The topological polar surface area (TPSA) is 707 Å². The number of nitrogens with two attached hydrogens (primary N) is 5. The van der Waals surface area contributed by atoms with Crippen molar-refractivity contribution in [2.75, 3.05) is 63.4 Å². The van der Waals surface area contributed by atoms with Crippen LogP contribution in [-0.2, 0) is 128 Å². The first kappa shape index (κ1) is 126. The van der Waals surface area contributed by atoms with Crippen LogP contribution < -0.4 is 61.7 Å². The number of amides is 3. The summed E-state index contributed by atoms with van der Waals surface area (Å²) in [6, 6.07) is -0.779. The highest BCUT2D eigenvalue weighted by molar-refractivity contribution is 5.89. The fourth-order valence-electron chi connectivity index (χ4n) is 12.2. The number of nitrogens with one attached hydrogen (secondary N) is 3. The van der Waals surface area contributed by atoms with Crippen molar-refractivity contribution in [3.8, 4) is 0 Å². The van der Waals surface area contributed by atoms with Gasteiger partial charge in [0.15, 0.2) is 30.5 Å². The Morgan fingerprint density at radius 1 is 0.379 bits per heavy atom. The van der Waals surface area contributed by atoms with Crippen molar-refractivity contribution in [2.24, 2.45) is 58.8 Å². The fourth-order valence-corrected chi connectivity index (χ4v) is 12.2. The van der Waals surface area contributed by atoms with Crippen molar-refractivity contribution in [2.45, 2.75) is 307 Å². The van der Waals surface area contributed by atoms with Crippen molar-refractivity contribution < 1.29 is 158 Å². The minimum absolute atomic E-state index is 0. The summed E-state index contributed by atoms with van der Waals surface area (Å²) in [6.45, 7) is 38.7. The third kappa shape index (κ3) is 43.6. The maximum atomic E-state index is 13.0. The number of ether oxygens (including phenoxy) is 17. The standard InChI is InChI=1S/C36H57N5O14.C26H41N5O10.C16H27NO8.C10H15N3O4.2ClH/c1-18(2)26(39-33(47)54-35(7,8)9)30(44)51-20(5)28(42)49-16-22-15-25(41-14-13-24(37)38-32(41)46)53-23(22)17-50-29(43)21(6)52-31(45)27(19(3)4)40-34(48)55-36(10,11)12;1-12(2)20(28)24(34)39-14(5)22(32)37-10-16-9-19(31-8-7-18(27)30-26(31)36)41-17(16)11-38-23(33)15(6)40-25(35)21(29)13(3)4;1-8-22-15(21)24-12(18)10(4)23-13(19)11(9(2)3)17-14(20)25-16(5,6)7;11-8-1-2-13(10(16)12-8)9-3-6(4-14)7(5-15)17-9;;/h13-14,18-23,25-27H,15-17H2,1-12H3,(H,39,47)(H,40,48)(H2,37,38,46);7-8,12-17,19-21H,9-11,28-29H2,1-6H3,(H2,27,30,36);9-11H,8H2,1-7H3,(H,17,20);1-2,6-7,9,14-15H,3-5H2,(H2,11,12,16);2*1H. The van der Waals surface area contributed by atoms with Crippen molar-refractivity contribution >= 4 is 126 Å². The molecule has 3 aromatic heterocycles. The van der Waals surface area contributed by atoms with E-state index in [9.17, 15) is 81.5 Å². The molecule has 19 atom stereocenters. The zero-order chi connectivity index (χ0) is 105. The molecule has 0 aromatic carbocycles. The Kier molecular flexibility index (Phi) is 52.8. The molecule has 19 unspecified atom stereocenters. The summed E-state index contributed by atoms with van der Waals surface area (Å²) in [5, 5.41) is 25.5. The van der Waals surface area contributed by atoms with Gasteiger partial charge in [0.2, 0.25) is 0 Å². The summed E-state index contributed by atoms with van der Waals surface area (Å²) in [5.74, 6) is -11.5. The van der Waals surface area contributed by atoms with Crippen LogP contribution in [0.25, 0.3) is 0 Å². The number of aliphatic hydroxyl groups is 2. The smallest absolute Gasteiger partial charge is 0.463 e. The second-order valence-corrected chi connectivity index (χ2v) is 37.0. The molecule has 3 fully saturated rings. The average Bonchev–Trinajstić information content (AvgIpc) is 1.67. The number of alkyl carbamates (subject to hydrolysis) is 3. The number of aromatic nitrogens is 6. The number of hydrogen-bond acceptors (Lipinski definition) is 44. The number of carbonyl (C=O) groups is 14. The molecule has 0 spiro atoms. The molecule has 3 aliphatic heterocycles. The molecular weight excluding hydrogens is 1900 g/mol. The van der Waals surface area contributed by atoms with Gasteiger partial charge in [-0.2, -0.15) is 15.0 Å². The number of rotatable bonds is 37. The van der Waals surface area contributed by atoms with Gasteiger partial charge in [-0.1, -0.05) is 69.2 Å². The van der Waals surface area contributed by atoms with Gasteiger partial charge in [0.05, 0.1) is 32.5 Å². The number of nitrogen functional groups attached to an aromatic ring is 3. The molecule has 0 radical (unpaired) electrons. The van der Waals surface area contributed by atoms with Crippen LogP contribution in [0.15, 0.2) is 51.2 Å². The van der Waals surface area contributed by atoms with E-state index in [1.807, 2.05) is 0 Å². The van der Waals surface area contributed by atoms with E-state index in [0.29, 0.717) is 6.42 Å². The Bertz CT molecular complexity index is 4610. The Hall–Kier alpha value is -11.7. The van der Waals surface area contributed by atoms with E-state index in [2.05, 4.69) is 40.4 Å². The van der Waals surface area contributed by atoms with Gasteiger partial charge < -0.3 is 135 Å². The lowest BCUT2D eigenvalue weighted by molar-refractivity contribution is -0.173. The highest BCUT2D eigenvalue weighted by Crippen LogP contribution is 2.36. The van der Waals surface area contributed by atoms with Crippen LogP contribution in [0.4, 0.5) is 36.6 Å². The predicted molar refractivity (Wildman–Crippen MR) is 498 cm³/mol. The molecule has 3 amide bonds. The molecule has 15 N–H and O–H groups in total. The third-order valence-corrected chi connectivity index (χ3v) is 20.0. The maximum absolute atomic E-state index is 13.0. The molecule has 0 aliphatic carbocycles. The number of aliphatic hydroxyl groups excluding tert-OH is 2. The molecule has 3 saturated heterocycles. The number of hydrogen-bond donors (Lipinski definition) is 10. The van der Waals surface area contributed by atoms with Gasteiger partial charge in [-0.3, -0.25) is 23.3 Å². The van der Waals surface area contributed by atoms with Gasteiger partial charge in [0, 0.05) is 62.2 Å². The van der Waals surface area contributed by atoms with E-state index in [1.54, 1.807) is 138 Å². The zero-order valence-corrected chi connectivity index (χ0v) is 85.2. The lowest BCUT2D eigenvalue weighted by atomic mass is 10.0. The fraction of sp³-hybridized carbons (Fsp3) is 0.705. The molecule has 794 valence electrons. The second-order valence-electron chi connectivity index (χ2n) is 37.0. The second kappa shape index (κ2) is 58.5. The van der Waals surface area contributed by atoms with Gasteiger partial charge in [-0.05, 0) is 152 Å². The molecule has 52 heteroatoms. The first-order valence-corrected chi connectivity index (χ1v) is 44.7. The Labute approximate surface area is 822 Å². The number of nitrogens with zero attached hydrogens (tertiary/aromatic N) is 6. The first-order chi connectivity index (χ1) is 63.9. The Morgan fingerprint density at radius 2 is 0.636 bits per heavy atom. The molecular formula is C88H142Cl2N14O36. The van der Waals surface area contributed by atoms with Crippen LogP contribution in [0.3, 0.4) is 0 Å².